The average Bonchev–Trinajstić information content (AvgIpc) is 2.94. The number of hydrogen-bond donors (Lipinski definition) is 0. The number of fused-ring (bicyclic) bond motifs is 1. The first-order valence-electron chi connectivity index (χ1n) is 6.75. The molecule has 2 heterocycles. The van der Waals surface area contributed by atoms with Crippen LogP contribution in [0.4, 0.5) is 0 Å². The molecule has 2 heteroatoms. The van der Waals surface area contributed by atoms with E-state index in [0.717, 1.165) is 24.0 Å². The zero-order chi connectivity index (χ0) is 10.4. The van der Waals surface area contributed by atoms with Gasteiger partial charge in [-0.25, -0.2) is 0 Å². The molecule has 4 atom stereocenters. The molecule has 0 N–H and O–H groups in total. The van der Waals surface area contributed by atoms with Gasteiger partial charge in [0.25, 0.3) is 0 Å². The summed E-state index contributed by atoms with van der Waals surface area (Å²) in [6.07, 6.45) is 5.80. The lowest BCUT2D eigenvalue weighted by Crippen LogP contribution is -2.59. The molecule has 15 heavy (non-hydrogen) atoms. The molecule has 4 unspecified atom stereocenters. The Morgan fingerprint density at radius 2 is 1.87 bits per heavy atom. The molecule has 0 aromatic carbocycles. The molecule has 0 amide bonds. The van der Waals surface area contributed by atoms with E-state index in [9.17, 15) is 0 Å². The highest BCUT2D eigenvalue weighted by Crippen LogP contribution is 2.38. The van der Waals surface area contributed by atoms with Crippen LogP contribution < -0.4 is 0 Å². The lowest BCUT2D eigenvalue weighted by Gasteiger charge is -2.48. The second-order valence-corrected chi connectivity index (χ2v) is 5.97. The second kappa shape index (κ2) is 3.74. The fraction of sp³-hybridized carbons (Fsp3) is 1.00. The number of piperidine rings is 1. The van der Waals surface area contributed by atoms with E-state index in [1.807, 2.05) is 0 Å². The van der Waals surface area contributed by atoms with Gasteiger partial charge in [-0.2, -0.15) is 0 Å². The van der Waals surface area contributed by atoms with Crippen LogP contribution in [0.15, 0.2) is 0 Å². The summed E-state index contributed by atoms with van der Waals surface area (Å²) in [6.45, 7) is 8.88. The molecule has 2 aliphatic heterocycles. The van der Waals surface area contributed by atoms with Crippen molar-refractivity contribution in [3.8, 4) is 0 Å². The zero-order valence-corrected chi connectivity index (χ0v) is 10.2. The molecule has 2 saturated heterocycles. The summed E-state index contributed by atoms with van der Waals surface area (Å²) in [6, 6.07) is 2.63. The Morgan fingerprint density at radius 1 is 1.07 bits per heavy atom. The predicted octanol–water partition coefficient (Wildman–Crippen LogP) is 1.95. The number of nitrogens with zero attached hydrogens (tertiary/aromatic N) is 2. The summed E-state index contributed by atoms with van der Waals surface area (Å²) in [5.41, 5.74) is 0. The Bertz CT molecular complexity index is 241. The van der Waals surface area contributed by atoms with Crippen molar-refractivity contribution in [2.24, 2.45) is 5.92 Å². The van der Waals surface area contributed by atoms with Gasteiger partial charge in [0, 0.05) is 31.2 Å². The number of hydrogen-bond acceptors (Lipinski definition) is 2. The van der Waals surface area contributed by atoms with E-state index in [1.54, 1.807) is 0 Å². The molecule has 3 fully saturated rings. The molecule has 1 aliphatic carbocycles. The van der Waals surface area contributed by atoms with Crippen LogP contribution in [0.25, 0.3) is 0 Å². The topological polar surface area (TPSA) is 6.48 Å². The van der Waals surface area contributed by atoms with Crippen LogP contribution in [-0.4, -0.2) is 47.6 Å². The van der Waals surface area contributed by atoms with Gasteiger partial charge in [-0.3, -0.25) is 9.80 Å². The van der Waals surface area contributed by atoms with Crippen LogP contribution in [0.2, 0.25) is 0 Å². The van der Waals surface area contributed by atoms with Crippen molar-refractivity contribution in [3.63, 3.8) is 0 Å². The molecule has 0 spiro atoms. The van der Waals surface area contributed by atoms with E-state index >= 15 is 0 Å². The largest absolute Gasteiger partial charge is 0.298 e. The van der Waals surface area contributed by atoms with Crippen LogP contribution in [0.5, 0.6) is 0 Å². The third-order valence-electron chi connectivity index (χ3n) is 4.73. The first-order valence-corrected chi connectivity index (χ1v) is 6.75. The highest BCUT2D eigenvalue weighted by Gasteiger charge is 2.44. The highest BCUT2D eigenvalue weighted by molar-refractivity contribution is 4.99. The highest BCUT2D eigenvalue weighted by atomic mass is 15.3. The summed E-state index contributed by atoms with van der Waals surface area (Å²) in [4.78, 5) is 5.55. The fourth-order valence-corrected chi connectivity index (χ4v) is 3.60. The van der Waals surface area contributed by atoms with E-state index in [1.165, 1.54) is 45.3 Å². The van der Waals surface area contributed by atoms with Crippen LogP contribution >= 0.6 is 0 Å². The van der Waals surface area contributed by atoms with Gasteiger partial charge in [-0.1, -0.05) is 13.3 Å². The van der Waals surface area contributed by atoms with Gasteiger partial charge in [0.2, 0.25) is 0 Å². The SMILES string of the molecule is CC1CC1N1CC2CCCCN2CC1C. The molecule has 0 radical (unpaired) electrons. The molecule has 0 aromatic heterocycles. The molecular weight excluding hydrogens is 184 g/mol. The summed E-state index contributed by atoms with van der Waals surface area (Å²) < 4.78 is 0. The summed E-state index contributed by atoms with van der Waals surface area (Å²) >= 11 is 0. The van der Waals surface area contributed by atoms with Crippen molar-refractivity contribution in [3.05, 3.63) is 0 Å². The Hall–Kier alpha value is -0.0800. The molecule has 3 rings (SSSR count). The van der Waals surface area contributed by atoms with Gasteiger partial charge >= 0.3 is 0 Å². The molecule has 0 aromatic rings. The van der Waals surface area contributed by atoms with Crippen molar-refractivity contribution in [1.29, 1.82) is 0 Å². The van der Waals surface area contributed by atoms with Crippen LogP contribution in [0, 0.1) is 5.92 Å². The zero-order valence-electron chi connectivity index (χ0n) is 10.2. The van der Waals surface area contributed by atoms with Gasteiger partial charge < -0.3 is 0 Å². The Kier molecular flexibility index (Phi) is 2.52. The Labute approximate surface area is 93.6 Å². The Morgan fingerprint density at radius 3 is 2.60 bits per heavy atom. The lowest BCUT2D eigenvalue weighted by molar-refractivity contribution is 0.00874. The summed E-state index contributed by atoms with van der Waals surface area (Å²) in [7, 11) is 0. The second-order valence-electron chi connectivity index (χ2n) is 5.97. The van der Waals surface area contributed by atoms with Crippen molar-refractivity contribution in [1.82, 2.24) is 9.80 Å². The minimum atomic E-state index is 0.800. The normalized spacial score (nSPS) is 47.6. The summed E-state index contributed by atoms with van der Waals surface area (Å²) in [5, 5.41) is 0. The first kappa shape index (κ1) is 10.1. The van der Waals surface area contributed by atoms with Crippen LogP contribution in [0.3, 0.4) is 0 Å². The van der Waals surface area contributed by atoms with Gasteiger partial charge in [0.1, 0.15) is 0 Å². The Balaban J connectivity index is 1.66. The van der Waals surface area contributed by atoms with E-state index in [4.69, 9.17) is 0 Å². The van der Waals surface area contributed by atoms with E-state index in [2.05, 4.69) is 23.6 Å². The van der Waals surface area contributed by atoms with Gasteiger partial charge in [0.05, 0.1) is 0 Å². The van der Waals surface area contributed by atoms with Crippen molar-refractivity contribution >= 4 is 0 Å². The van der Waals surface area contributed by atoms with Crippen LogP contribution in [0.1, 0.15) is 39.5 Å². The third kappa shape index (κ3) is 1.83. The molecule has 2 nitrogen and oxygen atoms in total. The standard InChI is InChI=1S/C13H24N2/c1-10-7-13(10)15-9-12-5-3-4-6-14(12)8-11(15)2/h10-13H,3-9H2,1-2H3. The smallest absolute Gasteiger partial charge is 0.0224 e. The van der Waals surface area contributed by atoms with Gasteiger partial charge in [-0.15, -0.1) is 0 Å². The number of rotatable bonds is 1. The maximum Gasteiger partial charge on any atom is 0.0224 e. The number of piperazine rings is 1. The molecule has 3 aliphatic rings. The average molecular weight is 208 g/mol. The predicted molar refractivity (Wildman–Crippen MR) is 62.9 cm³/mol. The van der Waals surface area contributed by atoms with E-state index in [-0.39, 0.29) is 0 Å². The van der Waals surface area contributed by atoms with Gasteiger partial charge in [-0.05, 0) is 38.6 Å². The van der Waals surface area contributed by atoms with E-state index in [0.29, 0.717) is 0 Å². The van der Waals surface area contributed by atoms with E-state index < -0.39 is 0 Å². The van der Waals surface area contributed by atoms with Crippen molar-refractivity contribution in [2.45, 2.75) is 57.7 Å². The van der Waals surface area contributed by atoms with Gasteiger partial charge in [0.15, 0.2) is 0 Å². The molecule has 0 bridgehead atoms. The molecular formula is C13H24N2. The minimum Gasteiger partial charge on any atom is -0.298 e. The molecule has 86 valence electrons. The third-order valence-corrected chi connectivity index (χ3v) is 4.73. The maximum atomic E-state index is 2.80. The molecule has 1 saturated carbocycles. The fourth-order valence-electron chi connectivity index (χ4n) is 3.60. The maximum absolute atomic E-state index is 2.80. The van der Waals surface area contributed by atoms with Crippen molar-refractivity contribution in [2.75, 3.05) is 19.6 Å². The van der Waals surface area contributed by atoms with Crippen molar-refractivity contribution < 1.29 is 0 Å². The van der Waals surface area contributed by atoms with Crippen LogP contribution in [-0.2, 0) is 0 Å². The monoisotopic (exact) mass is 208 g/mol. The first-order chi connectivity index (χ1) is 7.25. The minimum absolute atomic E-state index is 0.800. The lowest BCUT2D eigenvalue weighted by atomic mass is 9.97. The quantitative estimate of drug-likeness (QED) is 0.650. The summed E-state index contributed by atoms with van der Waals surface area (Å²) in [5.74, 6) is 0.975.